The molecule has 0 aromatic heterocycles. The van der Waals surface area contributed by atoms with Crippen molar-refractivity contribution in [3.63, 3.8) is 0 Å². The van der Waals surface area contributed by atoms with E-state index >= 15 is 0 Å². The second-order valence-corrected chi connectivity index (χ2v) is 12.2. The molecule has 10 rings (SSSR count). The van der Waals surface area contributed by atoms with Gasteiger partial charge in [0.05, 0.1) is 0 Å². The molecule has 44 heavy (non-hydrogen) atoms. The molecule has 10 aromatic rings. The molecule has 0 aliphatic carbocycles. The van der Waals surface area contributed by atoms with Gasteiger partial charge in [-0.05, 0) is 158 Å². The molecule has 202 valence electrons. The van der Waals surface area contributed by atoms with Crippen LogP contribution in [0.3, 0.4) is 0 Å². The minimum atomic E-state index is 1.27. The van der Waals surface area contributed by atoms with Crippen LogP contribution < -0.4 is 0 Å². The number of hydrogen-bond acceptors (Lipinski definition) is 0. The Kier molecular flexibility index (Phi) is 4.81. The Balaban J connectivity index is 1.24. The Bertz CT molecular complexity index is 2820. The van der Waals surface area contributed by atoms with E-state index in [2.05, 4.69) is 158 Å². The molecule has 10 aromatic carbocycles. The Hall–Kier alpha value is -5.72. The molecule has 0 saturated heterocycles. The lowest BCUT2D eigenvalue weighted by Gasteiger charge is -2.14. The predicted molar refractivity (Wildman–Crippen MR) is 192 cm³/mol. The lowest BCUT2D eigenvalue weighted by Crippen LogP contribution is -1.87. The normalized spacial score (nSPS) is 12.1. The van der Waals surface area contributed by atoms with E-state index in [4.69, 9.17) is 0 Å². The van der Waals surface area contributed by atoms with Crippen LogP contribution in [0.5, 0.6) is 0 Å². The monoisotopic (exact) mass is 554 g/mol. The Labute approximate surface area is 254 Å². The standard InChI is InChI=1S/C44H26/c1-3-9-29-19-37-24-41-32(22-35(37)17-27(29)7-1)12-6-13-39(41)40-14-5-11-31-21-33-15-16-34-23-36-18-28-8-2-4-10-30(28)20-38(36)25-42(34)44(33)26-43(31)40/h1-26H. The van der Waals surface area contributed by atoms with E-state index in [0.29, 0.717) is 0 Å². The highest BCUT2D eigenvalue weighted by molar-refractivity contribution is 6.19. The zero-order valence-corrected chi connectivity index (χ0v) is 24.0. The van der Waals surface area contributed by atoms with Crippen molar-refractivity contribution in [2.24, 2.45) is 0 Å². The molecule has 0 heterocycles. The smallest absolute Gasteiger partial charge is 0.00986 e. The summed E-state index contributed by atoms with van der Waals surface area (Å²) in [6, 6.07) is 58.9. The van der Waals surface area contributed by atoms with Crippen molar-refractivity contribution >= 4 is 86.2 Å². The van der Waals surface area contributed by atoms with Crippen molar-refractivity contribution < 1.29 is 0 Å². The van der Waals surface area contributed by atoms with Crippen LogP contribution in [0.4, 0.5) is 0 Å². The van der Waals surface area contributed by atoms with Crippen LogP contribution in [0.1, 0.15) is 0 Å². The summed E-state index contributed by atoms with van der Waals surface area (Å²) in [7, 11) is 0. The lowest BCUT2D eigenvalue weighted by atomic mass is 9.90. The van der Waals surface area contributed by atoms with Gasteiger partial charge in [-0.1, -0.05) is 97.1 Å². The third-order valence-electron chi connectivity index (χ3n) is 9.65. The summed E-state index contributed by atoms with van der Waals surface area (Å²) in [5.74, 6) is 0. The summed E-state index contributed by atoms with van der Waals surface area (Å²) in [4.78, 5) is 0. The maximum atomic E-state index is 2.43. The Morgan fingerprint density at radius 1 is 0.182 bits per heavy atom. The van der Waals surface area contributed by atoms with Crippen molar-refractivity contribution in [1.82, 2.24) is 0 Å². The second-order valence-electron chi connectivity index (χ2n) is 12.2. The van der Waals surface area contributed by atoms with Gasteiger partial charge in [0.1, 0.15) is 0 Å². The summed E-state index contributed by atoms with van der Waals surface area (Å²) in [6.07, 6.45) is 0. The summed E-state index contributed by atoms with van der Waals surface area (Å²) in [6.45, 7) is 0. The first-order valence-corrected chi connectivity index (χ1v) is 15.3. The lowest BCUT2D eigenvalue weighted by molar-refractivity contribution is 1.71. The van der Waals surface area contributed by atoms with Crippen molar-refractivity contribution in [3.05, 3.63) is 158 Å². The van der Waals surface area contributed by atoms with E-state index in [0.717, 1.165) is 0 Å². The molecule has 0 atom stereocenters. The maximum Gasteiger partial charge on any atom is -0.00986 e. The molecule has 0 fully saturated rings. The molecule has 0 N–H and O–H groups in total. The predicted octanol–water partition coefficient (Wildman–Crippen LogP) is 12.6. The zero-order valence-electron chi connectivity index (χ0n) is 24.0. The molecule has 0 saturated carbocycles. The van der Waals surface area contributed by atoms with Gasteiger partial charge < -0.3 is 0 Å². The molecular formula is C44H26. The van der Waals surface area contributed by atoms with Crippen molar-refractivity contribution in [2.45, 2.75) is 0 Å². The van der Waals surface area contributed by atoms with Crippen LogP contribution in [0, 0.1) is 0 Å². The minimum Gasteiger partial charge on any atom is -0.0616 e. The maximum absolute atomic E-state index is 2.43. The van der Waals surface area contributed by atoms with Gasteiger partial charge in [-0.15, -0.1) is 0 Å². The molecule has 0 aliphatic rings. The molecule has 0 unspecified atom stereocenters. The van der Waals surface area contributed by atoms with Crippen molar-refractivity contribution in [3.8, 4) is 11.1 Å². The highest BCUT2D eigenvalue weighted by Crippen LogP contribution is 2.40. The third kappa shape index (κ3) is 3.52. The molecule has 0 heteroatoms. The van der Waals surface area contributed by atoms with Gasteiger partial charge in [-0.2, -0.15) is 0 Å². The first kappa shape index (κ1) is 23.8. The van der Waals surface area contributed by atoms with Gasteiger partial charge in [-0.25, -0.2) is 0 Å². The van der Waals surface area contributed by atoms with E-state index in [1.165, 1.54) is 97.3 Å². The van der Waals surface area contributed by atoms with Crippen LogP contribution in [0.15, 0.2) is 158 Å². The van der Waals surface area contributed by atoms with Crippen molar-refractivity contribution in [2.75, 3.05) is 0 Å². The minimum absolute atomic E-state index is 1.27. The van der Waals surface area contributed by atoms with Gasteiger partial charge in [0.25, 0.3) is 0 Å². The average molecular weight is 555 g/mol. The SMILES string of the molecule is c1ccc2cc3cc4c(-c5cccc6cc7ccc8cc9cc%10ccccc%10cc9cc8c7cc56)cccc4cc3cc2c1. The average Bonchev–Trinajstić information content (AvgIpc) is 3.06. The quantitative estimate of drug-likeness (QED) is 0.140. The van der Waals surface area contributed by atoms with Gasteiger partial charge in [0, 0.05) is 0 Å². The van der Waals surface area contributed by atoms with E-state index in [-0.39, 0.29) is 0 Å². The number of rotatable bonds is 1. The molecule has 0 amide bonds. The fourth-order valence-corrected chi connectivity index (χ4v) is 7.46. The number of fused-ring (bicyclic) bond motifs is 9. The summed E-state index contributed by atoms with van der Waals surface area (Å²) in [5.41, 5.74) is 2.55. The van der Waals surface area contributed by atoms with E-state index in [1.807, 2.05) is 0 Å². The van der Waals surface area contributed by atoms with Gasteiger partial charge in [0.15, 0.2) is 0 Å². The molecule has 0 spiro atoms. The first-order valence-electron chi connectivity index (χ1n) is 15.3. The Morgan fingerprint density at radius 3 is 1.00 bits per heavy atom. The van der Waals surface area contributed by atoms with Crippen LogP contribution in [-0.4, -0.2) is 0 Å². The van der Waals surface area contributed by atoms with Crippen LogP contribution in [0.25, 0.3) is 97.3 Å². The fraction of sp³-hybridized carbons (Fsp3) is 0. The number of benzene rings is 10. The zero-order chi connectivity index (χ0) is 28.8. The highest BCUT2D eigenvalue weighted by Gasteiger charge is 2.12. The Morgan fingerprint density at radius 2 is 0.500 bits per heavy atom. The first-order chi connectivity index (χ1) is 21.7. The molecule has 0 nitrogen and oxygen atoms in total. The van der Waals surface area contributed by atoms with E-state index in [1.54, 1.807) is 0 Å². The molecule has 0 radical (unpaired) electrons. The van der Waals surface area contributed by atoms with Gasteiger partial charge in [0.2, 0.25) is 0 Å². The fourth-order valence-electron chi connectivity index (χ4n) is 7.46. The second kappa shape index (κ2) is 8.89. The van der Waals surface area contributed by atoms with Gasteiger partial charge in [-0.3, -0.25) is 0 Å². The van der Waals surface area contributed by atoms with Gasteiger partial charge >= 0.3 is 0 Å². The van der Waals surface area contributed by atoms with Crippen LogP contribution >= 0.6 is 0 Å². The molecular weight excluding hydrogens is 528 g/mol. The summed E-state index contributed by atoms with van der Waals surface area (Å²) in [5, 5.41) is 20.5. The summed E-state index contributed by atoms with van der Waals surface area (Å²) < 4.78 is 0. The van der Waals surface area contributed by atoms with Crippen LogP contribution in [-0.2, 0) is 0 Å². The van der Waals surface area contributed by atoms with E-state index in [9.17, 15) is 0 Å². The topological polar surface area (TPSA) is 0 Å². The summed E-state index contributed by atoms with van der Waals surface area (Å²) >= 11 is 0. The highest BCUT2D eigenvalue weighted by atomic mass is 14.2. The van der Waals surface area contributed by atoms with E-state index < -0.39 is 0 Å². The largest absolute Gasteiger partial charge is 0.0616 e. The number of hydrogen-bond donors (Lipinski definition) is 0. The molecule has 0 aliphatic heterocycles. The third-order valence-corrected chi connectivity index (χ3v) is 9.65. The molecule has 0 bridgehead atoms. The van der Waals surface area contributed by atoms with Crippen LogP contribution in [0.2, 0.25) is 0 Å². The van der Waals surface area contributed by atoms with Crippen molar-refractivity contribution in [1.29, 1.82) is 0 Å².